The van der Waals surface area contributed by atoms with Crippen molar-refractivity contribution in [3.05, 3.63) is 89.0 Å². The van der Waals surface area contributed by atoms with Gasteiger partial charge in [0.25, 0.3) is 5.91 Å². The van der Waals surface area contributed by atoms with Gasteiger partial charge in [-0.25, -0.2) is 0 Å². The molecule has 3 aromatic carbocycles. The number of fused-ring (bicyclic) bond motifs is 1. The summed E-state index contributed by atoms with van der Waals surface area (Å²) in [5.41, 5.74) is 3.37. The van der Waals surface area contributed by atoms with Crippen molar-refractivity contribution in [3.63, 3.8) is 0 Å². The molecule has 0 saturated carbocycles. The van der Waals surface area contributed by atoms with Crippen molar-refractivity contribution in [1.29, 1.82) is 0 Å². The van der Waals surface area contributed by atoms with E-state index in [9.17, 15) is 9.59 Å². The Morgan fingerprint density at radius 2 is 1.56 bits per heavy atom. The lowest BCUT2D eigenvalue weighted by Crippen LogP contribution is -2.52. The summed E-state index contributed by atoms with van der Waals surface area (Å²) in [4.78, 5) is 35.2. The van der Waals surface area contributed by atoms with Crippen molar-refractivity contribution in [2.24, 2.45) is 0 Å². The van der Waals surface area contributed by atoms with Crippen LogP contribution in [0.2, 0.25) is 0 Å². The van der Waals surface area contributed by atoms with Gasteiger partial charge in [0, 0.05) is 50.2 Å². The minimum Gasteiger partial charge on any atom is -0.493 e. The van der Waals surface area contributed by atoms with E-state index in [4.69, 9.17) is 9.47 Å². The first-order valence-electron chi connectivity index (χ1n) is 13.2. The van der Waals surface area contributed by atoms with E-state index in [-0.39, 0.29) is 11.8 Å². The van der Waals surface area contributed by atoms with Gasteiger partial charge in [-0.05, 0) is 47.2 Å². The van der Waals surface area contributed by atoms with Gasteiger partial charge in [0.1, 0.15) is 0 Å². The summed E-state index contributed by atoms with van der Waals surface area (Å²) < 4.78 is 11.1. The first-order valence-corrected chi connectivity index (χ1v) is 14.4. The molecule has 2 atom stereocenters. The van der Waals surface area contributed by atoms with Crippen LogP contribution in [0.25, 0.3) is 0 Å². The van der Waals surface area contributed by atoms with Crippen molar-refractivity contribution in [2.45, 2.75) is 23.4 Å². The molecule has 2 amide bonds. The van der Waals surface area contributed by atoms with E-state index in [1.54, 1.807) is 44.0 Å². The predicted molar refractivity (Wildman–Crippen MR) is 154 cm³/mol. The van der Waals surface area contributed by atoms with Crippen molar-refractivity contribution in [3.8, 4) is 11.5 Å². The molecule has 0 spiro atoms. The van der Waals surface area contributed by atoms with E-state index in [0.717, 1.165) is 30.1 Å². The van der Waals surface area contributed by atoms with Gasteiger partial charge in [0.2, 0.25) is 5.91 Å². The zero-order valence-electron chi connectivity index (χ0n) is 22.9. The molecule has 2 aliphatic heterocycles. The fourth-order valence-electron chi connectivity index (χ4n) is 5.70. The quantitative estimate of drug-likeness (QED) is 0.402. The molecule has 8 heteroatoms. The monoisotopic (exact) mass is 545 g/mol. The number of amides is 2. The maximum Gasteiger partial charge on any atom is 0.254 e. The minimum absolute atomic E-state index is 0.0288. The van der Waals surface area contributed by atoms with Crippen molar-refractivity contribution >= 4 is 23.6 Å². The Morgan fingerprint density at radius 3 is 2.18 bits per heavy atom. The third kappa shape index (κ3) is 5.36. The highest BCUT2D eigenvalue weighted by Gasteiger charge is 2.45. The molecule has 0 unspecified atom stereocenters. The summed E-state index contributed by atoms with van der Waals surface area (Å²) in [6, 6.07) is 21.7. The van der Waals surface area contributed by atoms with Gasteiger partial charge in [-0.2, -0.15) is 0 Å². The predicted octanol–water partition coefficient (Wildman–Crippen LogP) is 4.68. The molecule has 39 heavy (non-hydrogen) atoms. The molecule has 2 heterocycles. The highest BCUT2D eigenvalue weighted by atomic mass is 32.2. The molecule has 0 N–H and O–H groups in total. The number of likely N-dealkylation sites (N-methyl/N-ethyl adjacent to an activating group) is 1. The largest absolute Gasteiger partial charge is 0.493 e. The second-order valence-electron chi connectivity index (χ2n) is 9.99. The van der Waals surface area contributed by atoms with Crippen LogP contribution >= 0.6 is 11.8 Å². The number of hydrogen-bond donors (Lipinski definition) is 0. The van der Waals surface area contributed by atoms with Crippen LogP contribution in [0.4, 0.5) is 0 Å². The summed E-state index contributed by atoms with van der Waals surface area (Å²) in [6.07, 6.45) is 2.03. The average Bonchev–Trinajstić information content (AvgIpc) is 2.99. The Labute approximate surface area is 234 Å². The number of rotatable bonds is 7. The summed E-state index contributed by atoms with van der Waals surface area (Å²) in [6.45, 7) is 3.75. The van der Waals surface area contributed by atoms with Crippen LogP contribution in [0.3, 0.4) is 0 Å². The third-order valence-corrected chi connectivity index (χ3v) is 8.57. The van der Waals surface area contributed by atoms with Gasteiger partial charge in [0.05, 0.1) is 26.2 Å². The van der Waals surface area contributed by atoms with Gasteiger partial charge >= 0.3 is 0 Å². The van der Waals surface area contributed by atoms with Crippen molar-refractivity contribution in [2.75, 3.05) is 53.7 Å². The van der Waals surface area contributed by atoms with E-state index in [1.807, 2.05) is 47.6 Å². The topological polar surface area (TPSA) is 62.3 Å². The Hall–Kier alpha value is -3.49. The van der Waals surface area contributed by atoms with Gasteiger partial charge in [-0.3, -0.25) is 14.5 Å². The lowest BCUT2D eigenvalue weighted by molar-refractivity contribution is -0.136. The lowest BCUT2D eigenvalue weighted by atomic mass is 9.78. The number of carbonyl (C=O) groups excluding carboxylic acids is 2. The molecule has 3 aromatic rings. The van der Waals surface area contributed by atoms with Crippen LogP contribution in [0.5, 0.6) is 11.5 Å². The molecule has 0 radical (unpaired) electrons. The standard InChI is InChI=1S/C31H35N3O4S/c1-32-29(22-10-12-23(39-4)13-11-22)28(24-18-26(37-2)27(38-3)19-25(24)30(32)35)31(36)34-16-14-33(15-17-34)20-21-8-6-5-7-9-21/h5-13,18-19,28-29H,14-17,20H2,1-4H3/t28-,29-/m1/s1. The number of ether oxygens (including phenoxy) is 2. The second kappa shape index (κ2) is 11.7. The summed E-state index contributed by atoms with van der Waals surface area (Å²) in [7, 11) is 4.91. The zero-order chi connectivity index (χ0) is 27.5. The SMILES string of the molecule is COc1cc2c(cc1OC)[C@@H](C(=O)N1CCN(Cc3ccccc3)CC1)[C@@H](c1ccc(SC)cc1)N(C)C2=O. The summed E-state index contributed by atoms with van der Waals surface area (Å²) >= 11 is 1.66. The molecule has 204 valence electrons. The smallest absolute Gasteiger partial charge is 0.254 e. The fraction of sp³-hybridized carbons (Fsp3) is 0.355. The van der Waals surface area contributed by atoms with Crippen molar-refractivity contribution in [1.82, 2.24) is 14.7 Å². The maximum absolute atomic E-state index is 14.4. The molecule has 2 aliphatic rings. The number of thioether (sulfide) groups is 1. The molecule has 0 aliphatic carbocycles. The second-order valence-corrected chi connectivity index (χ2v) is 10.9. The van der Waals surface area contributed by atoms with Crippen LogP contribution in [0.15, 0.2) is 71.6 Å². The van der Waals surface area contributed by atoms with E-state index in [1.165, 1.54) is 5.56 Å². The van der Waals surface area contributed by atoms with Gasteiger partial charge in [0.15, 0.2) is 11.5 Å². The number of methoxy groups -OCH3 is 2. The normalized spacial score (nSPS) is 19.5. The van der Waals surface area contributed by atoms with Gasteiger partial charge in [-0.15, -0.1) is 11.8 Å². The zero-order valence-corrected chi connectivity index (χ0v) is 23.7. The first kappa shape index (κ1) is 27.1. The molecule has 5 rings (SSSR count). The van der Waals surface area contributed by atoms with Crippen LogP contribution in [-0.2, 0) is 11.3 Å². The van der Waals surface area contributed by atoms with Gasteiger partial charge in [-0.1, -0.05) is 42.5 Å². The molecule has 0 aromatic heterocycles. The van der Waals surface area contributed by atoms with Crippen molar-refractivity contribution < 1.29 is 19.1 Å². The molecular weight excluding hydrogens is 510 g/mol. The fourth-order valence-corrected chi connectivity index (χ4v) is 6.11. The van der Waals surface area contributed by atoms with E-state index in [2.05, 4.69) is 29.2 Å². The van der Waals surface area contributed by atoms with Crippen LogP contribution in [-0.4, -0.2) is 80.2 Å². The molecule has 7 nitrogen and oxygen atoms in total. The number of nitrogens with zero attached hydrogens (tertiary/aromatic N) is 3. The molecular formula is C31H35N3O4S. The van der Waals surface area contributed by atoms with E-state index < -0.39 is 12.0 Å². The Balaban J connectivity index is 1.49. The van der Waals surface area contributed by atoms with Crippen LogP contribution < -0.4 is 9.47 Å². The van der Waals surface area contributed by atoms with E-state index >= 15 is 0 Å². The number of hydrogen-bond acceptors (Lipinski definition) is 6. The Morgan fingerprint density at radius 1 is 0.923 bits per heavy atom. The molecule has 1 saturated heterocycles. The van der Waals surface area contributed by atoms with E-state index in [0.29, 0.717) is 35.7 Å². The Bertz CT molecular complexity index is 1320. The lowest BCUT2D eigenvalue weighted by Gasteiger charge is -2.43. The third-order valence-electron chi connectivity index (χ3n) is 7.83. The Kier molecular flexibility index (Phi) is 8.14. The molecule has 0 bridgehead atoms. The highest BCUT2D eigenvalue weighted by molar-refractivity contribution is 7.98. The molecule has 1 fully saturated rings. The summed E-state index contributed by atoms with van der Waals surface area (Å²) in [5, 5.41) is 0. The number of carbonyl (C=O) groups is 2. The highest BCUT2D eigenvalue weighted by Crippen LogP contribution is 2.46. The van der Waals surface area contributed by atoms with Crippen LogP contribution in [0, 0.1) is 0 Å². The van der Waals surface area contributed by atoms with Gasteiger partial charge < -0.3 is 19.3 Å². The average molecular weight is 546 g/mol. The number of piperazine rings is 1. The minimum atomic E-state index is -0.566. The maximum atomic E-state index is 14.4. The summed E-state index contributed by atoms with van der Waals surface area (Å²) in [5.74, 6) is 0.308. The first-order chi connectivity index (χ1) is 18.9. The van der Waals surface area contributed by atoms with Crippen LogP contribution in [0.1, 0.15) is 39.0 Å². The number of benzene rings is 3.